The molecule has 0 bridgehead atoms. The van der Waals surface area contributed by atoms with Crippen molar-refractivity contribution in [3.05, 3.63) is 53.9 Å². The van der Waals surface area contributed by atoms with Crippen LogP contribution in [0.3, 0.4) is 0 Å². The monoisotopic (exact) mass is 386 g/mol. The van der Waals surface area contributed by atoms with Crippen LogP contribution >= 0.6 is 0 Å². The van der Waals surface area contributed by atoms with Crippen LogP contribution in [0.2, 0.25) is 0 Å². The second-order valence-corrected chi connectivity index (χ2v) is 7.76. The number of aromatic nitrogens is 2. The molecule has 1 saturated heterocycles. The number of H-pyrrole nitrogens is 1. The first-order valence-electron chi connectivity index (χ1n) is 10.4. The number of nitrogens with zero attached hydrogens (tertiary/aromatic N) is 2. The zero-order valence-electron chi connectivity index (χ0n) is 16.5. The third kappa shape index (κ3) is 7.08. The van der Waals surface area contributed by atoms with Crippen LogP contribution in [0.4, 0.5) is 4.39 Å². The van der Waals surface area contributed by atoms with Gasteiger partial charge in [-0.05, 0) is 62.3 Å². The Morgan fingerprint density at radius 3 is 3.07 bits per heavy atom. The molecule has 2 heterocycles. The molecule has 1 atom stereocenters. The summed E-state index contributed by atoms with van der Waals surface area (Å²) in [5, 5.41) is 2.94. The van der Waals surface area contributed by atoms with Crippen molar-refractivity contribution in [3.63, 3.8) is 0 Å². The minimum atomic E-state index is -0.228. The lowest BCUT2D eigenvalue weighted by atomic mass is 10.0. The molecule has 1 fully saturated rings. The molecule has 0 spiro atoms. The average molecular weight is 387 g/mol. The molecule has 1 amide bonds. The van der Waals surface area contributed by atoms with E-state index < -0.39 is 0 Å². The van der Waals surface area contributed by atoms with E-state index in [2.05, 4.69) is 20.2 Å². The number of rotatable bonds is 11. The van der Waals surface area contributed by atoms with Crippen LogP contribution in [-0.4, -0.2) is 47.0 Å². The lowest BCUT2D eigenvalue weighted by molar-refractivity contribution is -0.121. The average Bonchev–Trinajstić information content (AvgIpc) is 3.36. The largest absolute Gasteiger partial charge is 0.356 e. The molecule has 0 aliphatic carbocycles. The van der Waals surface area contributed by atoms with Crippen LogP contribution in [-0.2, 0) is 17.6 Å². The van der Waals surface area contributed by atoms with Crippen molar-refractivity contribution in [2.45, 2.75) is 44.9 Å². The lowest BCUT2D eigenvalue weighted by Crippen LogP contribution is -2.31. The molecule has 6 heteroatoms. The zero-order valence-corrected chi connectivity index (χ0v) is 16.5. The van der Waals surface area contributed by atoms with Gasteiger partial charge in [0.05, 0.1) is 6.33 Å². The van der Waals surface area contributed by atoms with Crippen LogP contribution in [0.25, 0.3) is 0 Å². The smallest absolute Gasteiger partial charge is 0.221 e. The van der Waals surface area contributed by atoms with Crippen molar-refractivity contribution in [1.29, 1.82) is 0 Å². The fourth-order valence-corrected chi connectivity index (χ4v) is 3.91. The molecule has 28 heavy (non-hydrogen) atoms. The van der Waals surface area contributed by atoms with E-state index in [1.165, 1.54) is 43.5 Å². The Bertz CT molecular complexity index is 719. The minimum absolute atomic E-state index is 0.0828. The van der Waals surface area contributed by atoms with Gasteiger partial charge >= 0.3 is 0 Å². The number of hydrogen-bond donors (Lipinski definition) is 2. The van der Waals surface area contributed by atoms with Gasteiger partial charge in [0.1, 0.15) is 5.82 Å². The maximum absolute atomic E-state index is 13.1. The summed E-state index contributed by atoms with van der Waals surface area (Å²) in [6.45, 7) is 3.60. The fraction of sp³-hybridized carbons (Fsp3) is 0.545. The van der Waals surface area contributed by atoms with E-state index in [0.29, 0.717) is 19.4 Å². The molecule has 1 aliphatic heterocycles. The van der Waals surface area contributed by atoms with Gasteiger partial charge in [-0.1, -0.05) is 18.6 Å². The quantitative estimate of drug-likeness (QED) is 0.583. The Morgan fingerprint density at radius 2 is 2.25 bits per heavy atom. The molecule has 2 N–H and O–H groups in total. The number of aromatic amines is 1. The Labute approximate surface area is 166 Å². The summed E-state index contributed by atoms with van der Waals surface area (Å²) in [5.41, 5.74) is 2.13. The van der Waals surface area contributed by atoms with Gasteiger partial charge in [-0.15, -0.1) is 0 Å². The van der Waals surface area contributed by atoms with Gasteiger partial charge in [-0.2, -0.15) is 0 Å². The van der Waals surface area contributed by atoms with Crippen LogP contribution in [0.1, 0.15) is 43.4 Å². The van der Waals surface area contributed by atoms with Crippen LogP contribution in [0.15, 0.2) is 36.8 Å². The molecule has 0 unspecified atom stereocenters. The molecular weight excluding hydrogens is 355 g/mol. The van der Waals surface area contributed by atoms with Crippen molar-refractivity contribution in [3.8, 4) is 0 Å². The first kappa shape index (κ1) is 20.5. The highest BCUT2D eigenvalue weighted by Crippen LogP contribution is 2.22. The summed E-state index contributed by atoms with van der Waals surface area (Å²) in [6, 6.07) is 6.54. The van der Waals surface area contributed by atoms with Gasteiger partial charge in [0.2, 0.25) is 5.91 Å². The minimum Gasteiger partial charge on any atom is -0.356 e. The third-order valence-electron chi connectivity index (χ3n) is 5.51. The normalized spacial score (nSPS) is 17.1. The topological polar surface area (TPSA) is 61.0 Å². The van der Waals surface area contributed by atoms with E-state index in [1.54, 1.807) is 12.4 Å². The molecule has 1 aliphatic rings. The summed E-state index contributed by atoms with van der Waals surface area (Å²) in [7, 11) is 0. The highest BCUT2D eigenvalue weighted by Gasteiger charge is 2.22. The van der Waals surface area contributed by atoms with Crippen molar-refractivity contribution >= 4 is 5.91 Å². The molecule has 2 aromatic rings. The molecule has 3 rings (SSSR count). The standard InChI is InChI=1S/C22H31FN4O/c23-20-6-3-5-18(14-20)8-11-25-22(28)10-13-27-12-9-19(16-27)4-1-2-7-21-15-24-17-26-21/h3,5-6,14-15,17,19H,1-2,4,7-13,16H2,(H,24,26)(H,25,28)/t19-/m1/s1. The third-order valence-corrected chi connectivity index (χ3v) is 5.51. The predicted octanol–water partition coefficient (Wildman–Crippen LogP) is 3.33. The molecule has 152 valence electrons. The van der Waals surface area contributed by atoms with Crippen molar-refractivity contribution < 1.29 is 9.18 Å². The van der Waals surface area contributed by atoms with Crippen molar-refractivity contribution in [1.82, 2.24) is 20.2 Å². The van der Waals surface area contributed by atoms with Gasteiger partial charge in [-0.3, -0.25) is 4.79 Å². The molecular formula is C22H31FN4O. The number of amides is 1. The van der Waals surface area contributed by atoms with Crippen molar-refractivity contribution in [2.75, 3.05) is 26.2 Å². The van der Waals surface area contributed by atoms with E-state index in [9.17, 15) is 9.18 Å². The number of nitrogens with one attached hydrogen (secondary N) is 2. The lowest BCUT2D eigenvalue weighted by Gasteiger charge is -2.16. The number of carbonyl (C=O) groups excluding carboxylic acids is 1. The van der Waals surface area contributed by atoms with Gasteiger partial charge in [0.25, 0.3) is 0 Å². The van der Waals surface area contributed by atoms with Gasteiger partial charge in [-0.25, -0.2) is 9.37 Å². The highest BCUT2D eigenvalue weighted by atomic mass is 19.1. The van der Waals surface area contributed by atoms with E-state index in [1.807, 2.05) is 12.3 Å². The van der Waals surface area contributed by atoms with E-state index >= 15 is 0 Å². The van der Waals surface area contributed by atoms with E-state index in [-0.39, 0.29) is 11.7 Å². The van der Waals surface area contributed by atoms with Crippen molar-refractivity contribution in [2.24, 2.45) is 5.92 Å². The summed E-state index contributed by atoms with van der Waals surface area (Å²) < 4.78 is 13.1. The molecule has 0 radical (unpaired) electrons. The number of hydrogen-bond acceptors (Lipinski definition) is 3. The number of carbonyl (C=O) groups is 1. The highest BCUT2D eigenvalue weighted by molar-refractivity contribution is 5.76. The second-order valence-electron chi connectivity index (χ2n) is 7.76. The fourth-order valence-electron chi connectivity index (χ4n) is 3.91. The van der Waals surface area contributed by atoms with Crippen LogP contribution < -0.4 is 5.32 Å². The van der Waals surface area contributed by atoms with E-state index in [4.69, 9.17) is 0 Å². The SMILES string of the molecule is O=C(CCN1CC[C@@H](CCCCc2cnc[nH]2)C1)NCCc1cccc(F)c1. The summed E-state index contributed by atoms with van der Waals surface area (Å²) >= 11 is 0. The second kappa shape index (κ2) is 11.0. The first-order valence-corrected chi connectivity index (χ1v) is 10.4. The molecule has 5 nitrogen and oxygen atoms in total. The summed E-state index contributed by atoms with van der Waals surface area (Å²) in [6.07, 6.45) is 10.9. The first-order chi connectivity index (χ1) is 13.7. The zero-order chi connectivity index (χ0) is 19.6. The number of likely N-dealkylation sites (tertiary alicyclic amines) is 1. The Balaban J connectivity index is 1.22. The van der Waals surface area contributed by atoms with E-state index in [0.717, 1.165) is 37.5 Å². The Hall–Kier alpha value is -2.21. The Morgan fingerprint density at radius 1 is 1.32 bits per heavy atom. The number of aryl methyl sites for hydroxylation is 1. The predicted molar refractivity (Wildman–Crippen MR) is 108 cm³/mol. The van der Waals surface area contributed by atoms with Gasteiger partial charge in [0, 0.05) is 37.9 Å². The van der Waals surface area contributed by atoms with Gasteiger partial charge < -0.3 is 15.2 Å². The molecule has 1 aromatic heterocycles. The summed E-state index contributed by atoms with van der Waals surface area (Å²) in [5.74, 6) is 0.617. The van der Waals surface area contributed by atoms with Crippen LogP contribution in [0, 0.1) is 11.7 Å². The molecule has 1 aromatic carbocycles. The number of benzene rings is 1. The number of imidazole rings is 1. The number of unbranched alkanes of at least 4 members (excludes halogenated alkanes) is 1. The molecule has 0 saturated carbocycles. The summed E-state index contributed by atoms with van der Waals surface area (Å²) in [4.78, 5) is 21.7. The number of halogens is 1. The maximum atomic E-state index is 13.1. The van der Waals surface area contributed by atoms with Crippen LogP contribution in [0.5, 0.6) is 0 Å². The Kier molecular flexibility index (Phi) is 8.03. The van der Waals surface area contributed by atoms with Gasteiger partial charge in [0.15, 0.2) is 0 Å². The maximum Gasteiger partial charge on any atom is 0.221 e.